The summed E-state index contributed by atoms with van der Waals surface area (Å²) in [6.07, 6.45) is 0. The molecule has 0 unspecified atom stereocenters. The third-order valence-corrected chi connectivity index (χ3v) is 4.90. The molecule has 2 nitrogen and oxygen atoms in total. The van der Waals surface area contributed by atoms with Crippen molar-refractivity contribution in [1.82, 2.24) is 0 Å². The minimum atomic E-state index is -0.401. The van der Waals surface area contributed by atoms with Crippen LogP contribution in [0.4, 0.5) is 0 Å². The highest BCUT2D eigenvalue weighted by atomic mass is 79.9. The summed E-state index contributed by atoms with van der Waals surface area (Å²) in [6.45, 7) is 0. The fourth-order valence-corrected chi connectivity index (χ4v) is 3.58. The van der Waals surface area contributed by atoms with E-state index in [4.69, 9.17) is 16.0 Å². The topological polar surface area (TPSA) is 30.2 Å². The average molecular weight is 412 g/mol. The first-order valence-corrected chi connectivity index (χ1v) is 8.89. The molecule has 0 saturated heterocycles. The van der Waals surface area contributed by atoms with Gasteiger partial charge in [-0.05, 0) is 29.8 Å². The van der Waals surface area contributed by atoms with Gasteiger partial charge in [0.1, 0.15) is 5.58 Å². The fraction of sp³-hybridized carbons (Fsp3) is 0. The van der Waals surface area contributed by atoms with Crippen molar-refractivity contribution in [3.05, 3.63) is 92.7 Å². The molecular formula is C21H12BrClO2. The highest BCUT2D eigenvalue weighted by Gasteiger charge is 2.19. The van der Waals surface area contributed by atoms with Crippen LogP contribution in [0.25, 0.3) is 33.2 Å². The zero-order chi connectivity index (χ0) is 17.4. The van der Waals surface area contributed by atoms with Crippen molar-refractivity contribution in [3.8, 4) is 22.3 Å². The van der Waals surface area contributed by atoms with Crippen LogP contribution in [0.3, 0.4) is 0 Å². The molecule has 4 aromatic rings. The highest BCUT2D eigenvalue weighted by Crippen LogP contribution is 2.38. The van der Waals surface area contributed by atoms with Gasteiger partial charge < -0.3 is 4.42 Å². The Balaban J connectivity index is 2.21. The van der Waals surface area contributed by atoms with Crippen molar-refractivity contribution < 1.29 is 4.42 Å². The molecule has 0 aliphatic carbocycles. The Bertz CT molecular complexity index is 1130. The Morgan fingerprint density at radius 3 is 2.32 bits per heavy atom. The smallest absolute Gasteiger partial charge is 0.344 e. The number of halogens is 2. The van der Waals surface area contributed by atoms with Crippen molar-refractivity contribution in [1.29, 1.82) is 0 Å². The largest absolute Gasteiger partial charge is 0.422 e. The van der Waals surface area contributed by atoms with Gasteiger partial charge in [-0.15, -0.1) is 0 Å². The van der Waals surface area contributed by atoms with Gasteiger partial charge in [-0.3, -0.25) is 0 Å². The highest BCUT2D eigenvalue weighted by molar-refractivity contribution is 9.10. The van der Waals surface area contributed by atoms with Crippen LogP contribution in [-0.4, -0.2) is 0 Å². The summed E-state index contributed by atoms with van der Waals surface area (Å²) in [7, 11) is 0. The molecule has 0 radical (unpaired) electrons. The molecule has 0 saturated carbocycles. The zero-order valence-corrected chi connectivity index (χ0v) is 15.3. The molecule has 122 valence electrons. The number of hydrogen-bond acceptors (Lipinski definition) is 2. The van der Waals surface area contributed by atoms with Crippen molar-refractivity contribution in [3.63, 3.8) is 0 Å². The summed E-state index contributed by atoms with van der Waals surface area (Å²) in [5.74, 6) is 0. The Labute approximate surface area is 157 Å². The van der Waals surface area contributed by atoms with E-state index in [0.717, 1.165) is 21.0 Å². The van der Waals surface area contributed by atoms with E-state index in [1.54, 1.807) is 12.1 Å². The molecular weight excluding hydrogens is 400 g/mol. The van der Waals surface area contributed by atoms with E-state index in [1.807, 2.05) is 60.7 Å². The van der Waals surface area contributed by atoms with Gasteiger partial charge in [0, 0.05) is 26.0 Å². The summed E-state index contributed by atoms with van der Waals surface area (Å²) >= 11 is 9.89. The molecule has 1 heterocycles. The third kappa shape index (κ3) is 2.90. The Morgan fingerprint density at radius 2 is 1.56 bits per heavy atom. The van der Waals surface area contributed by atoms with Gasteiger partial charge >= 0.3 is 5.63 Å². The van der Waals surface area contributed by atoms with Crippen LogP contribution in [0.15, 0.2) is 86.5 Å². The number of rotatable bonds is 2. The van der Waals surface area contributed by atoms with Gasteiger partial charge in [0.15, 0.2) is 0 Å². The van der Waals surface area contributed by atoms with Crippen molar-refractivity contribution in [2.75, 3.05) is 0 Å². The second-order valence-electron chi connectivity index (χ2n) is 5.63. The molecule has 0 atom stereocenters. The van der Waals surface area contributed by atoms with E-state index in [2.05, 4.69) is 15.9 Å². The minimum Gasteiger partial charge on any atom is -0.422 e. The normalized spacial score (nSPS) is 11.0. The van der Waals surface area contributed by atoms with Crippen LogP contribution in [0, 0.1) is 0 Å². The SMILES string of the molecule is O=c1oc2ccc(Br)cc2c(-c2ccccc2)c1-c1ccccc1Cl. The van der Waals surface area contributed by atoms with Gasteiger partial charge in [0.05, 0.1) is 5.56 Å². The molecule has 0 amide bonds. The second-order valence-corrected chi connectivity index (χ2v) is 6.95. The van der Waals surface area contributed by atoms with E-state index in [1.165, 1.54) is 0 Å². The lowest BCUT2D eigenvalue weighted by atomic mass is 9.93. The molecule has 0 fully saturated rings. The Morgan fingerprint density at radius 1 is 0.840 bits per heavy atom. The van der Waals surface area contributed by atoms with E-state index >= 15 is 0 Å². The lowest BCUT2D eigenvalue weighted by Gasteiger charge is -2.13. The summed E-state index contributed by atoms with van der Waals surface area (Å²) in [5, 5.41) is 1.37. The van der Waals surface area contributed by atoms with Crippen LogP contribution in [0.1, 0.15) is 0 Å². The summed E-state index contributed by atoms with van der Waals surface area (Å²) in [5.41, 5.74) is 3.04. The molecule has 1 aromatic heterocycles. The fourth-order valence-electron chi connectivity index (χ4n) is 2.99. The second kappa shape index (κ2) is 6.51. The van der Waals surface area contributed by atoms with Gasteiger partial charge in [-0.25, -0.2) is 4.79 Å². The lowest BCUT2D eigenvalue weighted by molar-refractivity contribution is 0.564. The molecule has 0 aliphatic rings. The van der Waals surface area contributed by atoms with Gasteiger partial charge in [0.2, 0.25) is 0 Å². The number of benzene rings is 3. The predicted octanol–water partition coefficient (Wildman–Crippen LogP) is 6.54. The summed E-state index contributed by atoms with van der Waals surface area (Å²) in [6, 6.07) is 22.7. The Kier molecular flexibility index (Phi) is 4.20. The predicted molar refractivity (Wildman–Crippen MR) is 106 cm³/mol. The average Bonchev–Trinajstić information content (AvgIpc) is 2.62. The van der Waals surface area contributed by atoms with Crippen LogP contribution in [0.5, 0.6) is 0 Å². The van der Waals surface area contributed by atoms with Crippen LogP contribution >= 0.6 is 27.5 Å². The maximum atomic E-state index is 12.8. The molecule has 3 aromatic carbocycles. The maximum Gasteiger partial charge on any atom is 0.344 e. The Hall–Kier alpha value is -2.36. The number of hydrogen-bond donors (Lipinski definition) is 0. The quantitative estimate of drug-likeness (QED) is 0.350. The maximum absolute atomic E-state index is 12.8. The summed E-state index contributed by atoms with van der Waals surface area (Å²) in [4.78, 5) is 12.8. The first-order chi connectivity index (χ1) is 12.1. The van der Waals surface area contributed by atoms with E-state index in [0.29, 0.717) is 21.7 Å². The first-order valence-electron chi connectivity index (χ1n) is 7.72. The van der Waals surface area contributed by atoms with Crippen LogP contribution in [-0.2, 0) is 0 Å². The molecule has 4 rings (SSSR count). The lowest BCUT2D eigenvalue weighted by Crippen LogP contribution is -2.06. The minimum absolute atomic E-state index is 0.401. The van der Waals surface area contributed by atoms with Crippen molar-refractivity contribution >= 4 is 38.5 Å². The molecule has 0 aliphatic heterocycles. The third-order valence-electron chi connectivity index (χ3n) is 4.07. The van der Waals surface area contributed by atoms with Crippen LogP contribution < -0.4 is 5.63 Å². The monoisotopic (exact) mass is 410 g/mol. The number of fused-ring (bicyclic) bond motifs is 1. The molecule has 0 bridgehead atoms. The van der Waals surface area contributed by atoms with E-state index in [9.17, 15) is 4.79 Å². The standard InChI is InChI=1S/C21H12BrClO2/c22-14-10-11-18-16(12-14)19(13-6-2-1-3-7-13)20(21(24)25-18)15-8-4-5-9-17(15)23/h1-12H. The van der Waals surface area contributed by atoms with Gasteiger partial charge in [0.25, 0.3) is 0 Å². The van der Waals surface area contributed by atoms with Crippen molar-refractivity contribution in [2.45, 2.75) is 0 Å². The molecule has 0 spiro atoms. The van der Waals surface area contributed by atoms with Crippen LogP contribution in [0.2, 0.25) is 5.02 Å². The van der Waals surface area contributed by atoms with E-state index < -0.39 is 5.63 Å². The molecule has 4 heteroatoms. The van der Waals surface area contributed by atoms with E-state index in [-0.39, 0.29) is 0 Å². The molecule has 0 N–H and O–H groups in total. The van der Waals surface area contributed by atoms with Crippen molar-refractivity contribution in [2.24, 2.45) is 0 Å². The first kappa shape index (κ1) is 16.1. The zero-order valence-electron chi connectivity index (χ0n) is 13.0. The van der Waals surface area contributed by atoms with Gasteiger partial charge in [-0.1, -0.05) is 76.1 Å². The van der Waals surface area contributed by atoms with Gasteiger partial charge in [-0.2, -0.15) is 0 Å². The molecule has 25 heavy (non-hydrogen) atoms. The summed E-state index contributed by atoms with van der Waals surface area (Å²) < 4.78 is 6.50.